The minimum absolute atomic E-state index is 0.114. The van der Waals surface area contributed by atoms with Gasteiger partial charge in [-0.2, -0.15) is 0 Å². The Morgan fingerprint density at radius 1 is 0.933 bits per heavy atom. The summed E-state index contributed by atoms with van der Waals surface area (Å²) in [4.78, 5) is 27.5. The van der Waals surface area contributed by atoms with Crippen LogP contribution < -0.4 is 0 Å². The van der Waals surface area contributed by atoms with Crippen LogP contribution in [0.5, 0.6) is 0 Å². The number of thiophene rings is 1. The maximum absolute atomic E-state index is 10.4. The van der Waals surface area contributed by atoms with Crippen LogP contribution in [0.3, 0.4) is 0 Å². The summed E-state index contributed by atoms with van der Waals surface area (Å²) in [7, 11) is 0. The summed E-state index contributed by atoms with van der Waals surface area (Å²) < 4.78 is 0. The number of nitro groups is 3. The van der Waals surface area contributed by atoms with E-state index in [2.05, 4.69) is 12.6 Å². The van der Waals surface area contributed by atoms with Crippen molar-refractivity contribution in [2.75, 3.05) is 0 Å². The zero-order valence-electron chi connectivity index (χ0n) is 6.65. The van der Waals surface area contributed by atoms with Gasteiger partial charge in [0, 0.05) is 11.3 Å². The first-order valence-corrected chi connectivity index (χ1v) is 4.41. The normalized spacial score (nSPS) is 9.93. The second kappa shape index (κ2) is 3.78. The van der Waals surface area contributed by atoms with E-state index in [4.69, 9.17) is 0 Å². The Bertz CT molecular complexity index is 467. The molecule has 0 fully saturated rings. The molecule has 0 aliphatic rings. The maximum atomic E-state index is 10.4. The van der Waals surface area contributed by atoms with Crippen molar-refractivity contribution in [3.8, 4) is 0 Å². The number of hydrogen-bond acceptors (Lipinski definition) is 8. The van der Waals surface area contributed by atoms with Crippen LogP contribution in [-0.4, -0.2) is 14.8 Å². The minimum Gasteiger partial charge on any atom is -0.258 e. The van der Waals surface area contributed by atoms with Gasteiger partial charge in [-0.1, -0.05) is 0 Å². The predicted molar refractivity (Wildman–Crippen MR) is 51.5 cm³/mol. The van der Waals surface area contributed by atoms with Gasteiger partial charge in [0.25, 0.3) is 0 Å². The molecule has 1 rings (SSSR count). The number of rotatable bonds is 3. The molecular formula is C4HN3O6S2. The van der Waals surface area contributed by atoms with E-state index in [1.165, 1.54) is 0 Å². The van der Waals surface area contributed by atoms with E-state index < -0.39 is 35.4 Å². The van der Waals surface area contributed by atoms with Crippen LogP contribution in [0, 0.1) is 30.3 Å². The molecule has 0 bridgehead atoms. The summed E-state index contributed by atoms with van der Waals surface area (Å²) in [6.07, 6.45) is 0. The largest absolute Gasteiger partial charge is 0.408 e. The third kappa shape index (κ3) is 1.87. The summed E-state index contributed by atoms with van der Waals surface area (Å²) in [5.74, 6) is 0. The molecule has 0 amide bonds. The fourth-order valence-corrected chi connectivity index (χ4v) is 2.08. The van der Waals surface area contributed by atoms with Crippen molar-refractivity contribution in [1.82, 2.24) is 0 Å². The molecule has 0 aromatic carbocycles. The average Bonchev–Trinajstić information content (AvgIpc) is 2.42. The van der Waals surface area contributed by atoms with Crippen molar-refractivity contribution in [1.29, 1.82) is 0 Å². The van der Waals surface area contributed by atoms with Crippen LogP contribution in [-0.2, 0) is 0 Å². The Hall–Kier alpha value is -1.75. The van der Waals surface area contributed by atoms with Gasteiger partial charge in [0.2, 0.25) is 0 Å². The summed E-state index contributed by atoms with van der Waals surface area (Å²) >= 11 is 3.64. The molecule has 11 heteroatoms. The van der Waals surface area contributed by atoms with E-state index in [1.54, 1.807) is 0 Å². The number of nitrogens with zero attached hydrogens (tertiary/aromatic N) is 3. The minimum atomic E-state index is -1.07. The molecule has 80 valence electrons. The van der Waals surface area contributed by atoms with E-state index in [-0.39, 0.29) is 11.3 Å². The van der Waals surface area contributed by atoms with Gasteiger partial charge in [-0.05, 0) is 0 Å². The lowest BCUT2D eigenvalue weighted by atomic mass is 10.5. The summed E-state index contributed by atoms with van der Waals surface area (Å²) in [6, 6.07) is 0. The molecule has 0 spiro atoms. The van der Waals surface area contributed by atoms with E-state index >= 15 is 0 Å². The first-order chi connectivity index (χ1) is 6.86. The quantitative estimate of drug-likeness (QED) is 0.494. The summed E-state index contributed by atoms with van der Waals surface area (Å²) in [6.45, 7) is 0. The lowest BCUT2D eigenvalue weighted by molar-refractivity contribution is -0.421. The highest BCUT2D eigenvalue weighted by atomic mass is 32.1. The third-order valence-corrected chi connectivity index (χ3v) is 2.99. The molecule has 0 N–H and O–H groups in total. The van der Waals surface area contributed by atoms with Crippen molar-refractivity contribution in [3.63, 3.8) is 0 Å². The topological polar surface area (TPSA) is 129 Å². The van der Waals surface area contributed by atoms with Gasteiger partial charge >= 0.3 is 15.7 Å². The van der Waals surface area contributed by atoms with Gasteiger partial charge in [0.15, 0.2) is 4.90 Å². The molecule has 0 unspecified atom stereocenters. The Morgan fingerprint density at radius 2 is 1.40 bits per heavy atom. The highest BCUT2D eigenvalue weighted by molar-refractivity contribution is 7.81. The van der Waals surface area contributed by atoms with Crippen molar-refractivity contribution in [2.24, 2.45) is 0 Å². The second-order valence-corrected chi connectivity index (χ2v) is 3.61. The highest BCUT2D eigenvalue weighted by Gasteiger charge is 2.39. The van der Waals surface area contributed by atoms with Crippen molar-refractivity contribution < 1.29 is 14.8 Å². The molecule has 1 aromatic rings. The van der Waals surface area contributed by atoms with Gasteiger partial charge in [-0.15, -0.1) is 12.6 Å². The molecule has 0 radical (unpaired) electrons. The highest BCUT2D eigenvalue weighted by Crippen LogP contribution is 2.47. The molecule has 1 heterocycles. The van der Waals surface area contributed by atoms with E-state index in [1.807, 2.05) is 0 Å². The van der Waals surface area contributed by atoms with Crippen LogP contribution in [0.15, 0.2) is 4.90 Å². The summed E-state index contributed by atoms with van der Waals surface area (Å²) in [5, 5.41) is 29.5. The fraction of sp³-hybridized carbons (Fsp3) is 0. The molecule has 0 aliphatic heterocycles. The van der Waals surface area contributed by atoms with E-state index in [9.17, 15) is 30.3 Å². The number of thiol groups is 1. The van der Waals surface area contributed by atoms with Crippen LogP contribution >= 0.6 is 24.0 Å². The molecular weight excluding hydrogens is 250 g/mol. The zero-order valence-corrected chi connectivity index (χ0v) is 8.36. The Labute approximate surface area is 90.2 Å². The Morgan fingerprint density at radius 3 is 1.67 bits per heavy atom. The smallest absolute Gasteiger partial charge is 0.258 e. The molecule has 15 heavy (non-hydrogen) atoms. The van der Waals surface area contributed by atoms with Crippen molar-refractivity contribution in [2.45, 2.75) is 4.90 Å². The van der Waals surface area contributed by atoms with Crippen LogP contribution in [0.2, 0.25) is 0 Å². The second-order valence-electron chi connectivity index (χ2n) is 2.18. The SMILES string of the molecule is O=[N+]([O-])c1sc([N+](=O)[O-])c([N+](=O)[O-])c1S. The molecule has 0 aliphatic carbocycles. The van der Waals surface area contributed by atoms with Gasteiger partial charge in [-0.3, -0.25) is 30.3 Å². The molecule has 0 saturated carbocycles. The third-order valence-electron chi connectivity index (χ3n) is 1.34. The molecule has 9 nitrogen and oxygen atoms in total. The predicted octanol–water partition coefficient (Wildman–Crippen LogP) is 1.76. The summed E-state index contributed by atoms with van der Waals surface area (Å²) in [5.41, 5.74) is -0.944. The first kappa shape index (κ1) is 11.3. The van der Waals surface area contributed by atoms with E-state index in [0.29, 0.717) is 0 Å². The van der Waals surface area contributed by atoms with Crippen molar-refractivity contribution >= 4 is 39.7 Å². The Balaban J connectivity index is 3.53. The van der Waals surface area contributed by atoms with Gasteiger partial charge in [-0.25, -0.2) is 0 Å². The molecule has 0 saturated heterocycles. The standard InChI is InChI=1S/C4HN3O6S2/c8-5(9)1-2(14)4(7(12)13)15-3(1)6(10)11/h14H. The molecule has 1 aromatic heterocycles. The van der Waals surface area contributed by atoms with Crippen molar-refractivity contribution in [3.05, 3.63) is 30.3 Å². The average molecular weight is 251 g/mol. The lowest BCUT2D eigenvalue weighted by Gasteiger charge is -1.86. The zero-order chi connectivity index (χ0) is 11.7. The van der Waals surface area contributed by atoms with E-state index in [0.717, 1.165) is 0 Å². The van der Waals surface area contributed by atoms with Gasteiger partial charge in [0.1, 0.15) is 0 Å². The first-order valence-electron chi connectivity index (χ1n) is 3.15. The maximum Gasteiger partial charge on any atom is 0.408 e. The fourth-order valence-electron chi connectivity index (χ4n) is 0.803. The van der Waals surface area contributed by atoms with Crippen LogP contribution in [0.25, 0.3) is 0 Å². The van der Waals surface area contributed by atoms with Crippen LogP contribution in [0.4, 0.5) is 15.7 Å². The van der Waals surface area contributed by atoms with Gasteiger partial charge < -0.3 is 0 Å². The van der Waals surface area contributed by atoms with Crippen LogP contribution in [0.1, 0.15) is 0 Å². The monoisotopic (exact) mass is 251 g/mol. The number of hydrogen-bond donors (Lipinski definition) is 1. The lowest BCUT2D eigenvalue weighted by Crippen LogP contribution is -1.93. The van der Waals surface area contributed by atoms with Gasteiger partial charge in [0.05, 0.1) is 14.8 Å². The Kier molecular flexibility index (Phi) is 2.85. The molecule has 0 atom stereocenters.